The summed E-state index contributed by atoms with van der Waals surface area (Å²) in [6.45, 7) is 4.00. The lowest BCUT2D eigenvalue weighted by Gasteiger charge is -2.04. The second-order valence-corrected chi connectivity index (χ2v) is 4.12. The van der Waals surface area contributed by atoms with Crippen LogP contribution in [-0.4, -0.2) is 16.1 Å². The lowest BCUT2D eigenvalue weighted by molar-refractivity contribution is -0.130. The van der Waals surface area contributed by atoms with Crippen LogP contribution in [-0.2, 0) is 11.3 Å². The Bertz CT molecular complexity index is 601. The molecule has 19 heavy (non-hydrogen) atoms. The van der Waals surface area contributed by atoms with Gasteiger partial charge in [-0.3, -0.25) is 4.98 Å². The normalized spacial score (nSPS) is 10.2. The van der Waals surface area contributed by atoms with E-state index in [1.54, 1.807) is 12.1 Å². The van der Waals surface area contributed by atoms with Gasteiger partial charge in [-0.15, -0.1) is 0 Å². The number of benzene rings is 1. The number of hydrogen-bond acceptors (Lipinski definition) is 3. The molecule has 3 N–H and O–H groups in total. The Kier molecular flexibility index (Phi) is 3.73. The largest absolute Gasteiger partial charge is 0.478 e. The summed E-state index contributed by atoms with van der Waals surface area (Å²) >= 11 is 0. The average Bonchev–Trinajstić information content (AvgIpc) is 2.46. The van der Waals surface area contributed by atoms with Crippen molar-refractivity contribution in [1.29, 1.82) is 0 Å². The molecule has 0 bridgehead atoms. The van der Waals surface area contributed by atoms with Gasteiger partial charge in [0, 0.05) is 23.9 Å². The second kappa shape index (κ2) is 5.46. The smallest absolute Gasteiger partial charge is 0.335 e. The highest BCUT2D eigenvalue weighted by atomic mass is 16.4. The molecule has 1 heterocycles. The number of carbonyl (C=O) groups is 1. The number of carboxylic acid groups (broad SMARTS) is 1. The van der Waals surface area contributed by atoms with E-state index in [1.165, 1.54) is 6.20 Å². The Labute approximate surface area is 111 Å². The summed E-state index contributed by atoms with van der Waals surface area (Å²) in [5.74, 6) is -1.04. The predicted molar refractivity (Wildman–Crippen MR) is 74.2 cm³/mol. The van der Waals surface area contributed by atoms with Crippen molar-refractivity contribution >= 4 is 11.5 Å². The number of aliphatic carboxylic acids is 1. The van der Waals surface area contributed by atoms with Gasteiger partial charge in [-0.2, -0.15) is 0 Å². The zero-order valence-corrected chi connectivity index (χ0v) is 10.3. The molecular formula is C15H14N2O2. The molecule has 0 aliphatic heterocycles. The van der Waals surface area contributed by atoms with Gasteiger partial charge in [-0.1, -0.05) is 36.9 Å². The molecule has 0 unspecified atom stereocenters. The lowest BCUT2D eigenvalue weighted by atomic mass is 10.1. The van der Waals surface area contributed by atoms with Gasteiger partial charge in [-0.05, 0) is 11.6 Å². The molecule has 0 fully saturated rings. The zero-order chi connectivity index (χ0) is 13.8. The van der Waals surface area contributed by atoms with Crippen LogP contribution in [0, 0.1) is 0 Å². The molecular weight excluding hydrogens is 240 g/mol. The van der Waals surface area contributed by atoms with Crippen molar-refractivity contribution in [2.45, 2.75) is 6.54 Å². The van der Waals surface area contributed by atoms with Crippen LogP contribution in [0.15, 0.2) is 49.2 Å². The third-order valence-electron chi connectivity index (χ3n) is 2.86. The molecule has 0 saturated heterocycles. The quantitative estimate of drug-likeness (QED) is 0.821. The van der Waals surface area contributed by atoms with Crippen molar-refractivity contribution in [3.05, 3.63) is 60.3 Å². The first-order valence-corrected chi connectivity index (χ1v) is 5.80. The third-order valence-corrected chi connectivity index (χ3v) is 2.86. The van der Waals surface area contributed by atoms with Gasteiger partial charge in [0.25, 0.3) is 0 Å². The molecule has 96 valence electrons. The Hall–Kier alpha value is -2.46. The van der Waals surface area contributed by atoms with Crippen LogP contribution in [0.25, 0.3) is 16.8 Å². The Balaban J connectivity index is 2.26. The molecule has 0 amide bonds. The molecule has 0 aliphatic rings. The Morgan fingerprint density at radius 2 is 1.89 bits per heavy atom. The molecule has 2 aromatic rings. The minimum Gasteiger partial charge on any atom is -0.478 e. The topological polar surface area (TPSA) is 76.2 Å². The van der Waals surface area contributed by atoms with Crippen LogP contribution in [0.4, 0.5) is 0 Å². The van der Waals surface area contributed by atoms with Gasteiger partial charge in [0.05, 0.1) is 11.3 Å². The minimum atomic E-state index is -1.04. The Morgan fingerprint density at radius 1 is 1.21 bits per heavy atom. The molecule has 1 aromatic heterocycles. The molecule has 0 atom stereocenters. The highest BCUT2D eigenvalue weighted by Crippen LogP contribution is 2.19. The van der Waals surface area contributed by atoms with Crippen LogP contribution in [0.5, 0.6) is 0 Å². The standard InChI is InChI=1S/C15H14N2O2/c1-10(15(18)19)13-6-7-14(17-9-13)12-4-2-11(8-16)3-5-12/h2-7,9H,1,8,16H2,(H,18,19). The number of hydrogen-bond donors (Lipinski definition) is 2. The van der Waals surface area contributed by atoms with Crippen LogP contribution >= 0.6 is 0 Å². The summed E-state index contributed by atoms with van der Waals surface area (Å²) in [7, 11) is 0. The lowest BCUT2D eigenvalue weighted by Crippen LogP contribution is -1.98. The maximum atomic E-state index is 10.8. The Morgan fingerprint density at radius 3 is 2.37 bits per heavy atom. The fourth-order valence-corrected chi connectivity index (χ4v) is 1.68. The maximum absolute atomic E-state index is 10.8. The van der Waals surface area contributed by atoms with Crippen molar-refractivity contribution in [2.75, 3.05) is 0 Å². The SMILES string of the molecule is C=C(C(=O)O)c1ccc(-c2ccc(CN)cc2)nc1. The zero-order valence-electron chi connectivity index (χ0n) is 10.3. The van der Waals surface area contributed by atoms with E-state index >= 15 is 0 Å². The van der Waals surface area contributed by atoms with Gasteiger partial charge in [0.2, 0.25) is 0 Å². The fourth-order valence-electron chi connectivity index (χ4n) is 1.68. The third kappa shape index (κ3) is 2.86. The van der Waals surface area contributed by atoms with E-state index in [4.69, 9.17) is 10.8 Å². The summed E-state index contributed by atoms with van der Waals surface area (Å²) in [6.07, 6.45) is 1.52. The molecule has 4 heteroatoms. The summed E-state index contributed by atoms with van der Waals surface area (Å²) in [4.78, 5) is 15.0. The maximum Gasteiger partial charge on any atom is 0.335 e. The number of nitrogens with two attached hydrogens (primary N) is 1. The average molecular weight is 254 g/mol. The van der Waals surface area contributed by atoms with E-state index in [-0.39, 0.29) is 5.57 Å². The molecule has 0 radical (unpaired) electrons. The molecule has 0 saturated carbocycles. The van der Waals surface area contributed by atoms with Gasteiger partial charge in [0.15, 0.2) is 0 Å². The number of carboxylic acids is 1. The first kappa shape index (κ1) is 13.0. The summed E-state index contributed by atoms with van der Waals surface area (Å²) in [5, 5.41) is 8.84. The van der Waals surface area contributed by atoms with Gasteiger partial charge < -0.3 is 10.8 Å². The van der Waals surface area contributed by atoms with Crippen molar-refractivity contribution < 1.29 is 9.90 Å². The van der Waals surface area contributed by atoms with E-state index in [0.717, 1.165) is 16.8 Å². The number of aromatic nitrogens is 1. The van der Waals surface area contributed by atoms with Crippen molar-refractivity contribution in [2.24, 2.45) is 5.73 Å². The fraction of sp³-hybridized carbons (Fsp3) is 0.0667. The van der Waals surface area contributed by atoms with Crippen LogP contribution in [0.2, 0.25) is 0 Å². The van der Waals surface area contributed by atoms with E-state index < -0.39 is 5.97 Å². The van der Waals surface area contributed by atoms with Crippen LogP contribution in [0.1, 0.15) is 11.1 Å². The van der Waals surface area contributed by atoms with Gasteiger partial charge in [-0.25, -0.2) is 4.79 Å². The van der Waals surface area contributed by atoms with E-state index in [1.807, 2.05) is 24.3 Å². The van der Waals surface area contributed by atoms with Gasteiger partial charge >= 0.3 is 5.97 Å². The molecule has 0 aliphatic carbocycles. The highest BCUT2D eigenvalue weighted by molar-refractivity contribution is 6.14. The molecule has 0 spiro atoms. The number of nitrogens with zero attached hydrogens (tertiary/aromatic N) is 1. The predicted octanol–water partition coefficient (Wildman–Crippen LogP) is 2.31. The van der Waals surface area contributed by atoms with Gasteiger partial charge in [0.1, 0.15) is 0 Å². The summed E-state index contributed by atoms with van der Waals surface area (Å²) in [5.41, 5.74) is 8.89. The van der Waals surface area contributed by atoms with Crippen molar-refractivity contribution in [1.82, 2.24) is 4.98 Å². The van der Waals surface area contributed by atoms with E-state index in [9.17, 15) is 4.79 Å². The molecule has 4 nitrogen and oxygen atoms in total. The minimum absolute atomic E-state index is 0.0394. The molecule has 2 rings (SSSR count). The van der Waals surface area contributed by atoms with E-state index in [0.29, 0.717) is 12.1 Å². The van der Waals surface area contributed by atoms with Crippen molar-refractivity contribution in [3.63, 3.8) is 0 Å². The number of rotatable bonds is 4. The number of pyridine rings is 1. The first-order valence-electron chi connectivity index (χ1n) is 5.80. The summed E-state index contributed by atoms with van der Waals surface area (Å²) < 4.78 is 0. The second-order valence-electron chi connectivity index (χ2n) is 4.12. The first-order chi connectivity index (χ1) is 9.11. The van der Waals surface area contributed by atoms with Crippen LogP contribution < -0.4 is 5.73 Å². The summed E-state index contributed by atoms with van der Waals surface area (Å²) in [6, 6.07) is 11.3. The monoisotopic (exact) mass is 254 g/mol. The van der Waals surface area contributed by atoms with Crippen molar-refractivity contribution in [3.8, 4) is 11.3 Å². The molecule has 1 aromatic carbocycles. The highest BCUT2D eigenvalue weighted by Gasteiger charge is 2.08. The van der Waals surface area contributed by atoms with E-state index in [2.05, 4.69) is 11.6 Å². The van der Waals surface area contributed by atoms with Crippen LogP contribution in [0.3, 0.4) is 0 Å².